The summed E-state index contributed by atoms with van der Waals surface area (Å²) in [6.45, 7) is -1.57. The van der Waals surface area contributed by atoms with Crippen LogP contribution < -0.4 is 10.6 Å². The van der Waals surface area contributed by atoms with Crippen LogP contribution in [0.4, 0.5) is 24.5 Å². The van der Waals surface area contributed by atoms with E-state index in [4.69, 9.17) is 0 Å². The number of hydrogen-bond acceptors (Lipinski definition) is 6. The van der Waals surface area contributed by atoms with Gasteiger partial charge in [-0.15, -0.1) is 0 Å². The lowest BCUT2D eigenvalue weighted by molar-refractivity contribution is -0.384. The summed E-state index contributed by atoms with van der Waals surface area (Å²) in [6, 6.07) is 8.10. The second-order valence-electron chi connectivity index (χ2n) is 5.81. The van der Waals surface area contributed by atoms with E-state index < -0.39 is 41.1 Å². The van der Waals surface area contributed by atoms with Gasteiger partial charge in [-0.1, -0.05) is 12.1 Å². The molecule has 0 aliphatic heterocycles. The van der Waals surface area contributed by atoms with E-state index in [9.17, 15) is 37.7 Å². The van der Waals surface area contributed by atoms with Crippen LogP contribution in [0.3, 0.4) is 0 Å². The molecule has 0 fully saturated rings. The van der Waals surface area contributed by atoms with Gasteiger partial charge < -0.3 is 15.4 Å². The zero-order valence-corrected chi connectivity index (χ0v) is 15.3. The Hall–Kier alpha value is -3.96. The maximum atomic E-state index is 12.5. The lowest BCUT2D eigenvalue weighted by atomic mass is 10.1. The Labute approximate surface area is 167 Å². The number of hydrogen-bond donors (Lipinski definition) is 2. The summed E-state index contributed by atoms with van der Waals surface area (Å²) in [4.78, 5) is 46.5. The van der Waals surface area contributed by atoms with Gasteiger partial charge in [-0.05, 0) is 18.2 Å². The van der Waals surface area contributed by atoms with Gasteiger partial charge >= 0.3 is 12.1 Å². The Kier molecular flexibility index (Phi) is 6.72. The zero-order chi connectivity index (χ0) is 22.5. The summed E-state index contributed by atoms with van der Waals surface area (Å²) in [5, 5.41) is 15.1. The Morgan fingerprint density at radius 2 is 1.70 bits per heavy atom. The third-order valence-electron chi connectivity index (χ3n) is 3.68. The molecule has 0 atom stereocenters. The van der Waals surface area contributed by atoms with Crippen LogP contribution in [0.25, 0.3) is 0 Å². The zero-order valence-electron chi connectivity index (χ0n) is 15.3. The fourth-order valence-electron chi connectivity index (χ4n) is 2.34. The van der Waals surface area contributed by atoms with Gasteiger partial charge in [0.05, 0.1) is 28.8 Å². The number of carbonyl (C=O) groups excluding carboxylic acids is 3. The molecule has 0 spiro atoms. The highest BCUT2D eigenvalue weighted by Crippen LogP contribution is 2.21. The summed E-state index contributed by atoms with van der Waals surface area (Å²) in [5.74, 6) is -2.93. The van der Waals surface area contributed by atoms with Crippen molar-refractivity contribution >= 4 is 29.2 Å². The number of ether oxygens (including phenoxy) is 1. The molecule has 0 saturated heterocycles. The molecule has 2 rings (SSSR count). The molecular weight excluding hydrogens is 411 g/mol. The maximum absolute atomic E-state index is 12.5. The highest BCUT2D eigenvalue weighted by atomic mass is 19.4. The molecule has 158 valence electrons. The lowest BCUT2D eigenvalue weighted by Gasteiger charge is -2.13. The number of methoxy groups -OCH3 is 1. The van der Waals surface area contributed by atoms with E-state index in [1.54, 1.807) is 5.32 Å². The minimum absolute atomic E-state index is 0.131. The molecule has 12 heteroatoms. The summed E-state index contributed by atoms with van der Waals surface area (Å²) >= 11 is 0. The van der Waals surface area contributed by atoms with Crippen molar-refractivity contribution in [2.24, 2.45) is 0 Å². The van der Waals surface area contributed by atoms with Gasteiger partial charge in [-0.3, -0.25) is 19.7 Å². The predicted octanol–water partition coefficient (Wildman–Crippen LogP) is 2.93. The average molecular weight is 425 g/mol. The Bertz CT molecular complexity index is 1010. The molecule has 0 aliphatic rings. The van der Waals surface area contributed by atoms with E-state index in [-0.39, 0.29) is 22.4 Å². The molecular formula is C18H14F3N3O6. The number of nitro groups is 1. The van der Waals surface area contributed by atoms with Crippen molar-refractivity contribution < 1.29 is 37.2 Å². The predicted molar refractivity (Wildman–Crippen MR) is 97.2 cm³/mol. The van der Waals surface area contributed by atoms with Gasteiger partial charge in [-0.2, -0.15) is 13.2 Å². The number of rotatable bonds is 6. The summed E-state index contributed by atoms with van der Waals surface area (Å²) in [5.41, 5.74) is -1.50. The fraction of sp³-hybridized carbons (Fsp3) is 0.167. The van der Waals surface area contributed by atoms with Crippen molar-refractivity contribution in [1.82, 2.24) is 5.32 Å². The van der Waals surface area contributed by atoms with Crippen molar-refractivity contribution in [1.29, 1.82) is 0 Å². The van der Waals surface area contributed by atoms with Gasteiger partial charge in [0, 0.05) is 17.7 Å². The molecule has 0 aliphatic carbocycles. The number of nitrogens with one attached hydrogen (secondary N) is 2. The minimum atomic E-state index is -4.62. The van der Waals surface area contributed by atoms with Crippen LogP contribution in [0.15, 0.2) is 42.5 Å². The Balaban J connectivity index is 2.32. The molecule has 2 aromatic rings. The number of nitro benzene ring substituents is 1. The number of alkyl halides is 3. The maximum Gasteiger partial charge on any atom is 0.405 e. The number of non-ortho nitro benzene ring substituents is 1. The highest BCUT2D eigenvalue weighted by Gasteiger charge is 2.28. The smallest absolute Gasteiger partial charge is 0.405 e. The van der Waals surface area contributed by atoms with Crippen LogP contribution in [0.2, 0.25) is 0 Å². The SMILES string of the molecule is COC(=O)c1cc(C(=O)Nc2ccccc2C(=O)NCC(F)(F)F)cc([N+](=O)[O-])c1. The van der Waals surface area contributed by atoms with Crippen LogP contribution in [0, 0.1) is 10.1 Å². The van der Waals surface area contributed by atoms with Gasteiger partial charge in [-0.25, -0.2) is 4.79 Å². The normalized spacial score (nSPS) is 10.8. The number of para-hydroxylation sites is 1. The van der Waals surface area contributed by atoms with Crippen molar-refractivity contribution in [2.45, 2.75) is 6.18 Å². The first kappa shape index (κ1) is 22.3. The van der Waals surface area contributed by atoms with E-state index >= 15 is 0 Å². The number of anilines is 1. The largest absolute Gasteiger partial charge is 0.465 e. The highest BCUT2D eigenvalue weighted by molar-refractivity contribution is 6.10. The van der Waals surface area contributed by atoms with Crippen molar-refractivity contribution in [3.63, 3.8) is 0 Å². The molecule has 0 saturated carbocycles. The molecule has 30 heavy (non-hydrogen) atoms. The summed E-state index contributed by atoms with van der Waals surface area (Å²) in [7, 11) is 1.05. The van der Waals surface area contributed by atoms with E-state index in [0.717, 1.165) is 25.3 Å². The second-order valence-corrected chi connectivity index (χ2v) is 5.81. The molecule has 0 aromatic heterocycles. The molecule has 2 amide bonds. The van der Waals surface area contributed by atoms with E-state index in [0.29, 0.717) is 0 Å². The minimum Gasteiger partial charge on any atom is -0.465 e. The van der Waals surface area contributed by atoms with Gasteiger partial charge in [0.2, 0.25) is 0 Å². The third-order valence-corrected chi connectivity index (χ3v) is 3.68. The van der Waals surface area contributed by atoms with Crippen LogP contribution in [0.1, 0.15) is 31.1 Å². The number of carbonyl (C=O) groups is 3. The molecule has 9 nitrogen and oxygen atoms in total. The molecule has 2 N–H and O–H groups in total. The number of halogens is 3. The third kappa shape index (κ3) is 5.77. The van der Waals surface area contributed by atoms with E-state index in [1.165, 1.54) is 24.3 Å². The number of nitrogens with zero attached hydrogens (tertiary/aromatic N) is 1. The fourth-order valence-corrected chi connectivity index (χ4v) is 2.34. The van der Waals surface area contributed by atoms with Crippen molar-refractivity contribution in [2.75, 3.05) is 19.0 Å². The van der Waals surface area contributed by atoms with E-state index in [1.807, 2.05) is 0 Å². The first-order chi connectivity index (χ1) is 14.0. The van der Waals surface area contributed by atoms with Gasteiger partial charge in [0.1, 0.15) is 6.54 Å². The monoisotopic (exact) mass is 425 g/mol. The molecule has 0 unspecified atom stereocenters. The number of esters is 1. The first-order valence-electron chi connectivity index (χ1n) is 8.15. The average Bonchev–Trinajstić information content (AvgIpc) is 2.70. The second kappa shape index (κ2) is 9.03. The van der Waals surface area contributed by atoms with Crippen LogP contribution in [-0.4, -0.2) is 42.5 Å². The molecule has 0 radical (unpaired) electrons. The van der Waals surface area contributed by atoms with Crippen molar-refractivity contribution in [3.8, 4) is 0 Å². The standard InChI is InChI=1S/C18H14F3N3O6/c1-30-17(27)11-6-10(7-12(8-11)24(28)29)15(25)23-14-5-3-2-4-13(14)16(26)22-9-18(19,20)21/h2-8H,9H2,1H3,(H,22,26)(H,23,25). The van der Waals surface area contributed by atoms with Gasteiger partial charge in [0.15, 0.2) is 0 Å². The number of benzene rings is 2. The molecule has 0 heterocycles. The van der Waals surface area contributed by atoms with Gasteiger partial charge in [0.25, 0.3) is 17.5 Å². The van der Waals surface area contributed by atoms with Crippen LogP contribution in [0.5, 0.6) is 0 Å². The Morgan fingerprint density at radius 1 is 1.07 bits per heavy atom. The summed E-state index contributed by atoms with van der Waals surface area (Å²) < 4.78 is 41.5. The lowest BCUT2D eigenvalue weighted by Crippen LogP contribution is -2.34. The summed E-state index contributed by atoms with van der Waals surface area (Å²) in [6.07, 6.45) is -4.62. The molecule has 0 bridgehead atoms. The van der Waals surface area contributed by atoms with E-state index in [2.05, 4.69) is 10.1 Å². The first-order valence-corrected chi connectivity index (χ1v) is 8.15. The molecule has 2 aromatic carbocycles. The van der Waals surface area contributed by atoms with Crippen molar-refractivity contribution in [3.05, 3.63) is 69.3 Å². The van der Waals surface area contributed by atoms with Crippen LogP contribution >= 0.6 is 0 Å². The number of amides is 2. The topological polar surface area (TPSA) is 128 Å². The van der Waals surface area contributed by atoms with Crippen LogP contribution in [-0.2, 0) is 4.74 Å². The quantitative estimate of drug-likeness (QED) is 0.416. The Morgan fingerprint density at radius 3 is 2.30 bits per heavy atom.